The first kappa shape index (κ1) is 17.7. The van der Waals surface area contributed by atoms with Gasteiger partial charge in [-0.25, -0.2) is 0 Å². The van der Waals surface area contributed by atoms with Crippen molar-refractivity contribution in [3.63, 3.8) is 0 Å². The Hall–Kier alpha value is -2.62. The number of amides is 1. The van der Waals surface area contributed by atoms with Crippen molar-refractivity contribution in [2.45, 2.75) is 19.8 Å². The summed E-state index contributed by atoms with van der Waals surface area (Å²) in [6.45, 7) is 4.73. The summed E-state index contributed by atoms with van der Waals surface area (Å²) >= 11 is 0. The molecule has 0 aliphatic heterocycles. The molecule has 0 saturated heterocycles. The summed E-state index contributed by atoms with van der Waals surface area (Å²) in [5, 5.41) is 2.92. The van der Waals surface area contributed by atoms with Crippen molar-refractivity contribution >= 4 is 12.2 Å². The normalized spacial score (nSPS) is 11.8. The van der Waals surface area contributed by atoms with Crippen molar-refractivity contribution in [2.24, 2.45) is 5.92 Å². The molecule has 2 rings (SSSR count). The van der Waals surface area contributed by atoms with Crippen LogP contribution in [0.25, 0.3) is 0 Å². The molecule has 0 fully saturated rings. The predicted molar refractivity (Wildman–Crippen MR) is 94.4 cm³/mol. The number of carbonyl (C=O) groups is 2. The summed E-state index contributed by atoms with van der Waals surface area (Å²) in [4.78, 5) is 23.0. The van der Waals surface area contributed by atoms with Gasteiger partial charge in [-0.3, -0.25) is 9.59 Å². The smallest absolute Gasteiger partial charge is 0.257 e. The van der Waals surface area contributed by atoms with E-state index < -0.39 is 0 Å². The molecule has 1 unspecified atom stereocenters. The molecule has 0 heterocycles. The third-order valence-corrected chi connectivity index (χ3v) is 3.96. The average Bonchev–Trinajstić information content (AvgIpc) is 2.61. The third-order valence-electron chi connectivity index (χ3n) is 3.96. The summed E-state index contributed by atoms with van der Waals surface area (Å²) in [5.41, 5.74) is 1.65. The minimum absolute atomic E-state index is 0.107. The van der Waals surface area contributed by atoms with Crippen LogP contribution in [-0.2, 0) is 4.79 Å². The molecule has 0 aromatic heterocycles. The Morgan fingerprint density at radius 3 is 2.42 bits per heavy atom. The number of ether oxygens (including phenoxy) is 1. The van der Waals surface area contributed by atoms with Crippen LogP contribution in [0.3, 0.4) is 0 Å². The first-order chi connectivity index (χ1) is 11.6. The van der Waals surface area contributed by atoms with E-state index in [-0.39, 0.29) is 18.4 Å². The molecular weight excluding hydrogens is 302 g/mol. The van der Waals surface area contributed by atoms with Gasteiger partial charge >= 0.3 is 0 Å². The van der Waals surface area contributed by atoms with Crippen LogP contribution < -0.4 is 10.1 Å². The fraction of sp³-hybridized carbons (Fsp3) is 0.300. The number of para-hydroxylation sites is 1. The van der Waals surface area contributed by atoms with Gasteiger partial charge in [0, 0.05) is 12.5 Å². The maximum absolute atomic E-state index is 12.0. The van der Waals surface area contributed by atoms with Crippen LogP contribution in [0.5, 0.6) is 5.75 Å². The lowest BCUT2D eigenvalue weighted by atomic mass is 9.88. The zero-order valence-electron chi connectivity index (χ0n) is 14.1. The number of aldehydes is 1. The summed E-state index contributed by atoms with van der Waals surface area (Å²) < 4.78 is 5.45. The molecule has 1 amide bonds. The molecule has 2 aromatic carbocycles. The second kappa shape index (κ2) is 8.87. The molecule has 0 saturated carbocycles. The minimum atomic E-state index is -0.197. The van der Waals surface area contributed by atoms with Gasteiger partial charge in [0.25, 0.3) is 5.91 Å². The van der Waals surface area contributed by atoms with Crippen LogP contribution in [-0.4, -0.2) is 25.3 Å². The van der Waals surface area contributed by atoms with Crippen LogP contribution in [0.15, 0.2) is 54.6 Å². The van der Waals surface area contributed by atoms with Gasteiger partial charge in [0.15, 0.2) is 12.9 Å². The third kappa shape index (κ3) is 4.95. The molecule has 2 aromatic rings. The van der Waals surface area contributed by atoms with Gasteiger partial charge in [-0.05, 0) is 23.6 Å². The monoisotopic (exact) mass is 325 g/mol. The summed E-state index contributed by atoms with van der Waals surface area (Å²) in [7, 11) is 0. The van der Waals surface area contributed by atoms with Gasteiger partial charge in [0.05, 0.1) is 5.56 Å². The molecule has 0 radical (unpaired) electrons. The Kier molecular flexibility index (Phi) is 6.55. The molecular formula is C20H23NO3. The zero-order chi connectivity index (χ0) is 17.4. The fourth-order valence-corrected chi connectivity index (χ4v) is 2.57. The molecule has 24 heavy (non-hydrogen) atoms. The van der Waals surface area contributed by atoms with Crippen molar-refractivity contribution < 1.29 is 14.3 Å². The van der Waals surface area contributed by atoms with E-state index in [4.69, 9.17) is 4.74 Å². The van der Waals surface area contributed by atoms with E-state index in [0.29, 0.717) is 23.8 Å². The molecule has 0 aliphatic carbocycles. The summed E-state index contributed by atoms with van der Waals surface area (Å²) in [6.07, 6.45) is 0.720. The van der Waals surface area contributed by atoms with Crippen LogP contribution in [0, 0.1) is 5.92 Å². The minimum Gasteiger partial charge on any atom is -0.483 e. The first-order valence-electron chi connectivity index (χ1n) is 8.10. The van der Waals surface area contributed by atoms with Crippen molar-refractivity contribution in [1.29, 1.82) is 0 Å². The highest BCUT2D eigenvalue weighted by Crippen LogP contribution is 2.23. The Balaban J connectivity index is 1.89. The molecule has 4 nitrogen and oxygen atoms in total. The molecule has 0 aliphatic rings. The average molecular weight is 325 g/mol. The number of benzene rings is 2. The Labute approximate surface area is 142 Å². The maximum atomic E-state index is 12.0. The number of hydrogen-bond acceptors (Lipinski definition) is 3. The highest BCUT2D eigenvalue weighted by Gasteiger charge is 2.16. The highest BCUT2D eigenvalue weighted by molar-refractivity contribution is 5.80. The van der Waals surface area contributed by atoms with Crippen molar-refractivity contribution in [3.05, 3.63) is 65.7 Å². The standard InChI is InChI=1S/C20H23NO3/c1-15(2)18(16-8-4-3-5-9-16)12-21-20(23)14-24-19-11-7-6-10-17(19)13-22/h3-11,13,15,18H,12,14H2,1-2H3,(H,21,23). The van der Waals surface area contributed by atoms with Crippen LogP contribution in [0.1, 0.15) is 35.7 Å². The molecule has 4 heteroatoms. The zero-order valence-corrected chi connectivity index (χ0v) is 14.1. The maximum Gasteiger partial charge on any atom is 0.257 e. The van der Waals surface area contributed by atoms with E-state index in [1.54, 1.807) is 24.3 Å². The lowest BCUT2D eigenvalue weighted by Gasteiger charge is -2.22. The van der Waals surface area contributed by atoms with E-state index in [9.17, 15) is 9.59 Å². The highest BCUT2D eigenvalue weighted by atomic mass is 16.5. The molecule has 126 valence electrons. The lowest BCUT2D eigenvalue weighted by Crippen LogP contribution is -2.33. The van der Waals surface area contributed by atoms with Gasteiger partial charge in [-0.1, -0.05) is 56.3 Å². The van der Waals surface area contributed by atoms with Crippen LogP contribution >= 0.6 is 0 Å². The molecule has 0 bridgehead atoms. The second-order valence-electron chi connectivity index (χ2n) is 6.01. The van der Waals surface area contributed by atoms with Crippen molar-refractivity contribution in [2.75, 3.05) is 13.2 Å². The Bertz CT molecular complexity index is 668. The van der Waals surface area contributed by atoms with E-state index in [0.717, 1.165) is 6.29 Å². The SMILES string of the molecule is CC(C)C(CNC(=O)COc1ccccc1C=O)c1ccccc1. The van der Waals surface area contributed by atoms with E-state index in [2.05, 4.69) is 31.3 Å². The molecule has 1 N–H and O–H groups in total. The quantitative estimate of drug-likeness (QED) is 0.757. The fourth-order valence-electron chi connectivity index (χ4n) is 2.57. The Morgan fingerprint density at radius 1 is 1.08 bits per heavy atom. The Morgan fingerprint density at radius 2 is 1.75 bits per heavy atom. The summed E-state index contributed by atoms with van der Waals surface area (Å²) in [5.74, 6) is 0.880. The number of rotatable bonds is 8. The molecule has 0 spiro atoms. The number of carbonyl (C=O) groups excluding carboxylic acids is 2. The van der Waals surface area contributed by atoms with E-state index in [1.807, 2.05) is 18.2 Å². The molecule has 1 atom stereocenters. The van der Waals surface area contributed by atoms with Crippen LogP contribution in [0.2, 0.25) is 0 Å². The second-order valence-corrected chi connectivity index (χ2v) is 6.01. The predicted octanol–water partition coefficient (Wildman–Crippen LogP) is 3.43. The van der Waals surface area contributed by atoms with Gasteiger partial charge in [0.2, 0.25) is 0 Å². The van der Waals surface area contributed by atoms with Gasteiger partial charge in [0.1, 0.15) is 5.75 Å². The first-order valence-corrected chi connectivity index (χ1v) is 8.10. The summed E-state index contributed by atoms with van der Waals surface area (Å²) in [6, 6.07) is 17.0. The van der Waals surface area contributed by atoms with Gasteiger partial charge < -0.3 is 10.1 Å². The number of nitrogens with one attached hydrogen (secondary N) is 1. The largest absolute Gasteiger partial charge is 0.483 e. The number of hydrogen-bond donors (Lipinski definition) is 1. The topological polar surface area (TPSA) is 55.4 Å². The van der Waals surface area contributed by atoms with E-state index in [1.165, 1.54) is 5.56 Å². The van der Waals surface area contributed by atoms with Crippen LogP contribution in [0.4, 0.5) is 0 Å². The lowest BCUT2D eigenvalue weighted by molar-refractivity contribution is -0.123. The van der Waals surface area contributed by atoms with Crippen molar-refractivity contribution in [3.8, 4) is 5.75 Å². The van der Waals surface area contributed by atoms with Gasteiger partial charge in [-0.2, -0.15) is 0 Å². The van der Waals surface area contributed by atoms with E-state index >= 15 is 0 Å². The van der Waals surface area contributed by atoms with Crippen molar-refractivity contribution in [1.82, 2.24) is 5.32 Å². The van der Waals surface area contributed by atoms with Gasteiger partial charge in [-0.15, -0.1) is 0 Å².